The number of aryl methyl sites for hydroxylation is 1. The highest BCUT2D eigenvalue weighted by molar-refractivity contribution is 6.03. The van der Waals surface area contributed by atoms with Gasteiger partial charge in [0.2, 0.25) is 0 Å². The summed E-state index contributed by atoms with van der Waals surface area (Å²) in [4.78, 5) is 27.2. The van der Waals surface area contributed by atoms with Gasteiger partial charge in [0.15, 0.2) is 0 Å². The molecule has 0 fully saturated rings. The van der Waals surface area contributed by atoms with Crippen LogP contribution in [-0.2, 0) is 0 Å². The molecule has 2 N–H and O–H groups in total. The van der Waals surface area contributed by atoms with Crippen molar-refractivity contribution < 1.29 is 14.7 Å². The molecule has 5 heteroatoms. The molecule has 1 amide bonds. The van der Waals surface area contributed by atoms with Gasteiger partial charge in [0, 0.05) is 6.20 Å². The average molecular weight is 284 g/mol. The molecule has 0 aliphatic heterocycles. The Kier molecular flexibility index (Phi) is 4.33. The minimum absolute atomic E-state index is 0.0797. The Hall–Kier alpha value is -2.69. The number of hydrogen-bond donors (Lipinski definition) is 2. The molecule has 0 bridgehead atoms. The van der Waals surface area contributed by atoms with Crippen molar-refractivity contribution in [3.8, 4) is 0 Å². The van der Waals surface area contributed by atoms with Gasteiger partial charge in [-0.25, -0.2) is 4.79 Å². The highest BCUT2D eigenvalue weighted by Gasteiger charge is 2.19. The van der Waals surface area contributed by atoms with Crippen LogP contribution in [0.25, 0.3) is 0 Å². The van der Waals surface area contributed by atoms with Crippen LogP contribution in [-0.4, -0.2) is 22.0 Å². The van der Waals surface area contributed by atoms with Gasteiger partial charge in [-0.2, -0.15) is 0 Å². The molecule has 1 aromatic heterocycles. The van der Waals surface area contributed by atoms with Crippen LogP contribution < -0.4 is 5.32 Å². The van der Waals surface area contributed by atoms with Gasteiger partial charge in [0.05, 0.1) is 11.6 Å². The van der Waals surface area contributed by atoms with Crippen LogP contribution in [0.15, 0.2) is 42.6 Å². The van der Waals surface area contributed by atoms with Crippen molar-refractivity contribution in [1.29, 1.82) is 0 Å². The van der Waals surface area contributed by atoms with Crippen molar-refractivity contribution in [3.05, 3.63) is 65.0 Å². The summed E-state index contributed by atoms with van der Waals surface area (Å²) in [6.45, 7) is 3.83. The van der Waals surface area contributed by atoms with Crippen LogP contribution >= 0.6 is 0 Å². The van der Waals surface area contributed by atoms with E-state index < -0.39 is 11.9 Å². The fourth-order valence-electron chi connectivity index (χ4n) is 1.96. The number of hydrogen-bond acceptors (Lipinski definition) is 3. The van der Waals surface area contributed by atoms with E-state index in [1.54, 1.807) is 0 Å². The van der Waals surface area contributed by atoms with Gasteiger partial charge in [-0.3, -0.25) is 9.78 Å². The van der Waals surface area contributed by atoms with Gasteiger partial charge < -0.3 is 10.4 Å². The highest BCUT2D eigenvalue weighted by atomic mass is 16.4. The molecule has 21 heavy (non-hydrogen) atoms. The number of amides is 1. The predicted octanol–water partition coefficient (Wildman–Crippen LogP) is 2.58. The van der Waals surface area contributed by atoms with Crippen molar-refractivity contribution in [2.45, 2.75) is 19.9 Å². The number of carbonyl (C=O) groups excluding carboxylic acids is 1. The largest absolute Gasteiger partial charge is 0.478 e. The zero-order valence-corrected chi connectivity index (χ0v) is 11.8. The quantitative estimate of drug-likeness (QED) is 0.904. The zero-order chi connectivity index (χ0) is 15.4. The van der Waals surface area contributed by atoms with Crippen LogP contribution in [0.5, 0.6) is 0 Å². The second kappa shape index (κ2) is 6.17. The normalized spacial score (nSPS) is 11.7. The fourth-order valence-corrected chi connectivity index (χ4v) is 1.96. The lowest BCUT2D eigenvalue weighted by molar-refractivity contribution is 0.0689. The minimum Gasteiger partial charge on any atom is -0.478 e. The number of rotatable bonds is 4. The number of carbonyl (C=O) groups is 2. The Morgan fingerprint density at radius 1 is 1.19 bits per heavy atom. The molecule has 1 atom stereocenters. The summed E-state index contributed by atoms with van der Waals surface area (Å²) in [5.41, 5.74) is 1.90. The molecule has 0 aliphatic rings. The van der Waals surface area contributed by atoms with Crippen molar-refractivity contribution >= 4 is 11.9 Å². The molecule has 2 aromatic rings. The van der Waals surface area contributed by atoms with Crippen LogP contribution in [0.1, 0.15) is 44.9 Å². The molecule has 1 aromatic carbocycles. The summed E-state index contributed by atoms with van der Waals surface area (Å²) >= 11 is 0. The lowest BCUT2D eigenvalue weighted by Gasteiger charge is -2.15. The lowest BCUT2D eigenvalue weighted by atomic mass is 10.1. The van der Waals surface area contributed by atoms with Gasteiger partial charge in [-0.1, -0.05) is 29.8 Å². The van der Waals surface area contributed by atoms with E-state index in [1.807, 2.05) is 38.1 Å². The first-order valence-electron chi connectivity index (χ1n) is 6.55. The summed E-state index contributed by atoms with van der Waals surface area (Å²) < 4.78 is 0. The first-order chi connectivity index (χ1) is 9.99. The number of nitrogens with zero attached hydrogens (tertiary/aromatic N) is 1. The van der Waals surface area contributed by atoms with Crippen LogP contribution in [0.2, 0.25) is 0 Å². The van der Waals surface area contributed by atoms with Crippen molar-refractivity contribution in [3.63, 3.8) is 0 Å². The van der Waals surface area contributed by atoms with Crippen LogP contribution in [0.3, 0.4) is 0 Å². The molecule has 0 saturated carbocycles. The second-order valence-corrected chi connectivity index (χ2v) is 4.81. The van der Waals surface area contributed by atoms with Crippen molar-refractivity contribution in [2.75, 3.05) is 0 Å². The topological polar surface area (TPSA) is 79.3 Å². The number of benzene rings is 1. The molecule has 0 spiro atoms. The summed E-state index contributed by atoms with van der Waals surface area (Å²) in [7, 11) is 0. The summed E-state index contributed by atoms with van der Waals surface area (Å²) in [6.07, 6.45) is 1.40. The Labute approximate surface area is 122 Å². The third-order valence-electron chi connectivity index (χ3n) is 3.18. The molecule has 1 unspecified atom stereocenters. The maximum absolute atomic E-state index is 12.2. The average Bonchev–Trinajstić information content (AvgIpc) is 2.47. The van der Waals surface area contributed by atoms with Crippen LogP contribution in [0.4, 0.5) is 0 Å². The maximum atomic E-state index is 12.2. The Bertz CT molecular complexity index is 665. The molecular formula is C16H16N2O3. The molecule has 0 saturated heterocycles. The standard InChI is InChI=1S/C16H16N2O3/c1-10-5-7-12(8-6-10)11(2)18-15(19)14-13(16(20)21)4-3-9-17-14/h3-9,11H,1-2H3,(H,18,19)(H,20,21). The number of aromatic nitrogens is 1. The second-order valence-electron chi connectivity index (χ2n) is 4.81. The Morgan fingerprint density at radius 2 is 1.86 bits per heavy atom. The number of nitrogens with one attached hydrogen (secondary N) is 1. The number of carboxylic acids is 1. The van der Waals surface area contributed by atoms with E-state index in [4.69, 9.17) is 5.11 Å². The minimum atomic E-state index is -1.17. The summed E-state index contributed by atoms with van der Waals surface area (Å²) in [6, 6.07) is 10.4. The molecule has 0 radical (unpaired) electrons. The Morgan fingerprint density at radius 3 is 2.48 bits per heavy atom. The number of carboxylic acid groups (broad SMARTS) is 1. The highest BCUT2D eigenvalue weighted by Crippen LogP contribution is 2.14. The molecule has 2 rings (SSSR count). The van der Waals surface area contributed by atoms with E-state index in [0.29, 0.717) is 0 Å². The summed E-state index contributed by atoms with van der Waals surface area (Å²) in [5, 5.41) is 11.8. The smallest absolute Gasteiger partial charge is 0.338 e. The molecule has 108 valence electrons. The van der Waals surface area contributed by atoms with Crippen molar-refractivity contribution in [1.82, 2.24) is 10.3 Å². The number of pyridine rings is 1. The van der Waals surface area contributed by atoms with Gasteiger partial charge >= 0.3 is 5.97 Å². The van der Waals surface area contributed by atoms with E-state index >= 15 is 0 Å². The predicted molar refractivity (Wildman–Crippen MR) is 78.3 cm³/mol. The van der Waals surface area contributed by atoms with E-state index in [1.165, 1.54) is 18.3 Å². The SMILES string of the molecule is Cc1ccc(C(C)NC(=O)c2ncccc2C(=O)O)cc1. The maximum Gasteiger partial charge on any atom is 0.338 e. The van der Waals surface area contributed by atoms with Gasteiger partial charge in [-0.05, 0) is 31.5 Å². The van der Waals surface area contributed by atoms with Gasteiger partial charge in [0.25, 0.3) is 5.91 Å². The van der Waals surface area contributed by atoms with E-state index in [9.17, 15) is 9.59 Å². The lowest BCUT2D eigenvalue weighted by Crippen LogP contribution is -2.29. The number of aromatic carboxylic acids is 1. The third-order valence-corrected chi connectivity index (χ3v) is 3.18. The molecule has 1 heterocycles. The zero-order valence-electron chi connectivity index (χ0n) is 11.8. The van der Waals surface area contributed by atoms with Crippen molar-refractivity contribution in [2.24, 2.45) is 0 Å². The van der Waals surface area contributed by atoms with E-state index in [2.05, 4.69) is 10.3 Å². The monoisotopic (exact) mass is 284 g/mol. The first kappa shape index (κ1) is 14.7. The third kappa shape index (κ3) is 3.45. The van der Waals surface area contributed by atoms with Gasteiger partial charge in [0.1, 0.15) is 5.69 Å². The molecular weight excluding hydrogens is 268 g/mol. The molecule has 5 nitrogen and oxygen atoms in total. The fraction of sp³-hybridized carbons (Fsp3) is 0.188. The van der Waals surface area contributed by atoms with Crippen LogP contribution in [0, 0.1) is 6.92 Å². The van der Waals surface area contributed by atoms with Gasteiger partial charge in [-0.15, -0.1) is 0 Å². The molecule has 0 aliphatic carbocycles. The summed E-state index contributed by atoms with van der Waals surface area (Å²) in [5.74, 6) is -1.67. The first-order valence-corrected chi connectivity index (χ1v) is 6.55. The van der Waals surface area contributed by atoms with E-state index in [-0.39, 0.29) is 17.3 Å². The van der Waals surface area contributed by atoms with E-state index in [0.717, 1.165) is 11.1 Å². The Balaban J connectivity index is 2.18.